The van der Waals surface area contributed by atoms with Crippen LogP contribution in [0.1, 0.15) is 6.92 Å². The lowest BCUT2D eigenvalue weighted by Gasteiger charge is -2.08. The lowest BCUT2D eigenvalue weighted by Crippen LogP contribution is -2.43. The zero-order valence-electron chi connectivity index (χ0n) is 6.96. The molecular weight excluding hydrogens is 180 g/mol. The number of hydrogen-bond donors (Lipinski definition) is 3. The molecule has 0 rings (SSSR count). The van der Waals surface area contributed by atoms with Crippen molar-refractivity contribution in [3.63, 3.8) is 0 Å². The lowest BCUT2D eigenvalue weighted by molar-refractivity contribution is -0.126. The summed E-state index contributed by atoms with van der Waals surface area (Å²) in [6.45, 7) is 1.32. The van der Waals surface area contributed by atoms with Gasteiger partial charge in [-0.1, -0.05) is 18.7 Å². The molecule has 5 nitrogen and oxygen atoms in total. The monoisotopic (exact) mass is 192 g/mol. The Balaban J connectivity index is 3.64. The van der Waals surface area contributed by atoms with Crippen molar-refractivity contribution in [2.75, 3.05) is 12.9 Å². The van der Waals surface area contributed by atoms with Crippen LogP contribution >= 0.6 is 11.8 Å². The fraction of sp³-hybridized carbons (Fsp3) is 0.667. The number of aliphatic hydroxyl groups excluding tert-OH is 1. The molecule has 6 heteroatoms. The topological polar surface area (TPSA) is 78.4 Å². The maximum absolute atomic E-state index is 10.9. The summed E-state index contributed by atoms with van der Waals surface area (Å²) in [5, 5.41) is 8.21. The molecule has 12 heavy (non-hydrogen) atoms. The van der Waals surface area contributed by atoms with E-state index in [-0.39, 0.29) is 11.8 Å². The summed E-state index contributed by atoms with van der Waals surface area (Å²) in [7, 11) is 0. The van der Waals surface area contributed by atoms with Crippen molar-refractivity contribution >= 4 is 22.9 Å². The second-order valence-corrected chi connectivity index (χ2v) is 2.97. The number of aliphatic hydroxyl groups is 1. The first-order chi connectivity index (χ1) is 5.61. The summed E-state index contributed by atoms with van der Waals surface area (Å²) in [6.07, 6.45) is 1.59. The molecule has 0 radical (unpaired) electrons. The van der Waals surface area contributed by atoms with Crippen LogP contribution in [0.25, 0.3) is 0 Å². The highest BCUT2D eigenvalue weighted by atomic mass is 32.2. The van der Waals surface area contributed by atoms with Gasteiger partial charge in [0.2, 0.25) is 5.91 Å². The van der Waals surface area contributed by atoms with Gasteiger partial charge in [0.1, 0.15) is 0 Å². The maximum Gasteiger partial charge on any atom is 0.297 e. The Morgan fingerprint density at radius 1 is 1.50 bits per heavy atom. The molecule has 70 valence electrons. The molecule has 0 bridgehead atoms. The van der Waals surface area contributed by atoms with Gasteiger partial charge in [0, 0.05) is 0 Å². The van der Waals surface area contributed by atoms with E-state index in [0.717, 1.165) is 11.8 Å². The first-order valence-electron chi connectivity index (χ1n) is 3.36. The van der Waals surface area contributed by atoms with Gasteiger partial charge >= 0.3 is 0 Å². The lowest BCUT2D eigenvalue weighted by atomic mass is 10.2. The second kappa shape index (κ2) is 5.84. The molecule has 0 aromatic carbocycles. The van der Waals surface area contributed by atoms with E-state index in [0.29, 0.717) is 0 Å². The summed E-state index contributed by atoms with van der Waals surface area (Å²) >= 11 is 0.959. The van der Waals surface area contributed by atoms with E-state index in [1.54, 1.807) is 13.2 Å². The number of nitrogens with one attached hydrogen (secondary N) is 2. The van der Waals surface area contributed by atoms with Gasteiger partial charge in [0.05, 0.1) is 12.5 Å². The van der Waals surface area contributed by atoms with Gasteiger partial charge < -0.3 is 5.11 Å². The minimum absolute atomic E-state index is 0.235. The fourth-order valence-electron chi connectivity index (χ4n) is 0.370. The molecule has 3 N–H and O–H groups in total. The van der Waals surface area contributed by atoms with Crippen molar-refractivity contribution in [2.45, 2.75) is 6.92 Å². The summed E-state index contributed by atoms with van der Waals surface area (Å²) < 4.78 is 0. The predicted octanol–water partition coefficient (Wildman–Crippen LogP) is -0.281. The van der Waals surface area contributed by atoms with Crippen molar-refractivity contribution in [3.05, 3.63) is 0 Å². The predicted molar refractivity (Wildman–Crippen MR) is 46.4 cm³/mol. The smallest absolute Gasteiger partial charge is 0.297 e. The van der Waals surface area contributed by atoms with Crippen LogP contribution in [0.3, 0.4) is 0 Å². The Morgan fingerprint density at radius 2 is 2.08 bits per heavy atom. The molecule has 2 amide bonds. The zero-order chi connectivity index (χ0) is 9.56. The van der Waals surface area contributed by atoms with Gasteiger partial charge in [-0.3, -0.25) is 20.4 Å². The average Bonchev–Trinajstić information content (AvgIpc) is 2.11. The second-order valence-electron chi connectivity index (χ2n) is 2.19. The number of amides is 2. The maximum atomic E-state index is 10.9. The normalized spacial score (nSPS) is 11.9. The Morgan fingerprint density at radius 3 is 2.50 bits per heavy atom. The fourth-order valence-corrected chi connectivity index (χ4v) is 0.523. The number of thioether (sulfide) groups is 1. The number of carbonyl (C=O) groups excluding carboxylic acids is 2. The Hall–Kier alpha value is -0.750. The van der Waals surface area contributed by atoms with E-state index in [1.807, 2.05) is 0 Å². The number of hydrazine groups is 1. The van der Waals surface area contributed by atoms with Gasteiger partial charge in [0.25, 0.3) is 5.24 Å². The van der Waals surface area contributed by atoms with Gasteiger partial charge in [0.15, 0.2) is 0 Å². The molecule has 0 unspecified atom stereocenters. The van der Waals surface area contributed by atoms with Crippen LogP contribution in [0.2, 0.25) is 0 Å². The van der Waals surface area contributed by atoms with E-state index in [1.165, 1.54) is 0 Å². The molecule has 0 saturated heterocycles. The minimum Gasteiger partial charge on any atom is -0.396 e. The molecule has 0 aromatic rings. The number of rotatable bonds is 2. The van der Waals surface area contributed by atoms with Crippen molar-refractivity contribution in [1.82, 2.24) is 10.9 Å². The van der Waals surface area contributed by atoms with Crippen LogP contribution in [0.4, 0.5) is 4.79 Å². The standard InChI is InChI=1S/C6H12N2O3S/c1-4(3-9)5(10)7-8-6(11)12-2/h4,9H,3H2,1-2H3,(H,7,10)(H,8,11)/t4-/m1/s1. The first kappa shape index (κ1) is 11.2. The van der Waals surface area contributed by atoms with Crippen LogP contribution in [-0.2, 0) is 4.79 Å². The van der Waals surface area contributed by atoms with Crippen molar-refractivity contribution < 1.29 is 14.7 Å². The van der Waals surface area contributed by atoms with Crippen LogP contribution in [0.5, 0.6) is 0 Å². The van der Waals surface area contributed by atoms with E-state index in [9.17, 15) is 9.59 Å². The third kappa shape index (κ3) is 4.20. The molecular formula is C6H12N2O3S. The molecule has 0 aliphatic heterocycles. The quantitative estimate of drug-likeness (QED) is 0.526. The SMILES string of the molecule is CSC(=O)NNC(=O)[C@H](C)CO. The van der Waals surface area contributed by atoms with E-state index < -0.39 is 11.8 Å². The summed E-state index contributed by atoms with van der Waals surface area (Å²) in [4.78, 5) is 21.5. The number of carbonyl (C=O) groups is 2. The van der Waals surface area contributed by atoms with Crippen molar-refractivity contribution in [1.29, 1.82) is 0 Å². The molecule has 0 fully saturated rings. The largest absolute Gasteiger partial charge is 0.396 e. The Kier molecular flexibility index (Phi) is 5.48. The highest BCUT2D eigenvalue weighted by Crippen LogP contribution is 1.93. The molecule has 0 aromatic heterocycles. The summed E-state index contributed by atoms with van der Waals surface area (Å²) in [5.41, 5.74) is 4.33. The molecule has 0 heterocycles. The third-order valence-electron chi connectivity index (χ3n) is 1.19. The summed E-state index contributed by atoms with van der Waals surface area (Å²) in [5.74, 6) is -0.910. The van der Waals surface area contributed by atoms with Crippen LogP contribution < -0.4 is 10.9 Å². The average molecular weight is 192 g/mol. The van der Waals surface area contributed by atoms with Gasteiger partial charge in [-0.15, -0.1) is 0 Å². The highest BCUT2D eigenvalue weighted by molar-refractivity contribution is 8.12. The molecule has 1 atom stereocenters. The van der Waals surface area contributed by atoms with E-state index in [2.05, 4.69) is 10.9 Å². The van der Waals surface area contributed by atoms with E-state index in [4.69, 9.17) is 5.11 Å². The first-order valence-corrected chi connectivity index (χ1v) is 4.59. The molecule has 0 aliphatic carbocycles. The zero-order valence-corrected chi connectivity index (χ0v) is 7.77. The summed E-state index contributed by atoms with van der Waals surface area (Å²) in [6, 6.07) is 0. The Bertz CT molecular complexity index is 174. The van der Waals surface area contributed by atoms with Crippen molar-refractivity contribution in [3.8, 4) is 0 Å². The molecule has 0 aliphatic rings. The van der Waals surface area contributed by atoms with Gasteiger partial charge in [-0.2, -0.15) is 0 Å². The van der Waals surface area contributed by atoms with Crippen LogP contribution in [-0.4, -0.2) is 29.1 Å². The molecule has 0 spiro atoms. The van der Waals surface area contributed by atoms with Crippen molar-refractivity contribution in [2.24, 2.45) is 5.92 Å². The van der Waals surface area contributed by atoms with Gasteiger partial charge in [-0.05, 0) is 6.26 Å². The van der Waals surface area contributed by atoms with Crippen LogP contribution in [0, 0.1) is 5.92 Å². The van der Waals surface area contributed by atoms with Gasteiger partial charge in [-0.25, -0.2) is 0 Å². The Labute approximate surface area is 74.9 Å². The van der Waals surface area contributed by atoms with Crippen LogP contribution in [0.15, 0.2) is 0 Å². The highest BCUT2D eigenvalue weighted by Gasteiger charge is 2.11. The third-order valence-corrected chi connectivity index (χ3v) is 1.67. The number of hydrogen-bond acceptors (Lipinski definition) is 4. The minimum atomic E-state index is -0.507. The molecule has 0 saturated carbocycles. The van der Waals surface area contributed by atoms with E-state index >= 15 is 0 Å².